The van der Waals surface area contributed by atoms with E-state index in [0.717, 1.165) is 11.8 Å². The van der Waals surface area contributed by atoms with Crippen LogP contribution in [-0.4, -0.2) is 45.1 Å². The standard InChI is InChI=1S/C12H13N3O4S2/c1-3-19-11(18)6-7(13)5-4-14-12(20-2)15-9(5)21-8(6)10(16)17/h4,8H,3,13H2,1-2H3,(H,16,17). The van der Waals surface area contributed by atoms with E-state index in [1.54, 1.807) is 6.92 Å². The number of hydrogen-bond acceptors (Lipinski definition) is 8. The van der Waals surface area contributed by atoms with Gasteiger partial charge >= 0.3 is 11.9 Å². The predicted octanol–water partition coefficient (Wildman–Crippen LogP) is 0.990. The molecule has 1 aliphatic heterocycles. The highest BCUT2D eigenvalue weighted by Gasteiger charge is 2.38. The minimum Gasteiger partial charge on any atom is -0.480 e. The Morgan fingerprint density at radius 2 is 2.29 bits per heavy atom. The van der Waals surface area contributed by atoms with Gasteiger partial charge in [0.05, 0.1) is 17.9 Å². The van der Waals surface area contributed by atoms with E-state index >= 15 is 0 Å². The topological polar surface area (TPSA) is 115 Å². The SMILES string of the molecule is CCOC(=O)C1=C(N)c2cnc(SC)nc2SC1C(=O)O. The minimum absolute atomic E-state index is 0.0576. The van der Waals surface area contributed by atoms with Crippen molar-refractivity contribution in [1.82, 2.24) is 9.97 Å². The fraction of sp³-hybridized carbons (Fsp3) is 0.333. The molecule has 0 bridgehead atoms. The number of hydrogen-bond donors (Lipinski definition) is 2. The predicted molar refractivity (Wildman–Crippen MR) is 78.8 cm³/mol. The number of thioether (sulfide) groups is 2. The molecule has 2 heterocycles. The smallest absolute Gasteiger partial charge is 0.337 e. The molecule has 112 valence electrons. The third-order valence-electron chi connectivity index (χ3n) is 2.71. The average molecular weight is 327 g/mol. The first kappa shape index (κ1) is 15.6. The van der Waals surface area contributed by atoms with Crippen molar-refractivity contribution >= 4 is 41.2 Å². The van der Waals surface area contributed by atoms with Gasteiger partial charge in [-0.1, -0.05) is 23.5 Å². The zero-order valence-electron chi connectivity index (χ0n) is 11.3. The Kier molecular flexibility index (Phi) is 4.73. The van der Waals surface area contributed by atoms with Crippen LogP contribution in [-0.2, 0) is 14.3 Å². The summed E-state index contributed by atoms with van der Waals surface area (Å²) in [6.45, 7) is 1.78. The second-order valence-electron chi connectivity index (χ2n) is 3.96. The molecule has 0 aromatic carbocycles. The van der Waals surface area contributed by atoms with Crippen LogP contribution in [0.4, 0.5) is 0 Å². The van der Waals surface area contributed by atoms with E-state index < -0.39 is 17.2 Å². The van der Waals surface area contributed by atoms with Crippen LogP contribution < -0.4 is 5.73 Å². The summed E-state index contributed by atoms with van der Waals surface area (Å²) < 4.78 is 4.89. The highest BCUT2D eigenvalue weighted by Crippen LogP contribution is 2.39. The Bertz CT molecular complexity index is 633. The van der Waals surface area contributed by atoms with Gasteiger partial charge in [-0.15, -0.1) is 0 Å². The molecule has 0 radical (unpaired) electrons. The van der Waals surface area contributed by atoms with E-state index in [2.05, 4.69) is 9.97 Å². The van der Waals surface area contributed by atoms with E-state index in [9.17, 15) is 14.7 Å². The Balaban J connectivity index is 2.56. The van der Waals surface area contributed by atoms with Crippen molar-refractivity contribution in [2.75, 3.05) is 12.9 Å². The van der Waals surface area contributed by atoms with Crippen molar-refractivity contribution in [3.8, 4) is 0 Å². The van der Waals surface area contributed by atoms with Crippen molar-refractivity contribution in [3.63, 3.8) is 0 Å². The molecule has 0 fully saturated rings. The van der Waals surface area contributed by atoms with Gasteiger partial charge in [0, 0.05) is 11.8 Å². The number of esters is 1. The van der Waals surface area contributed by atoms with Crippen molar-refractivity contribution in [3.05, 3.63) is 17.3 Å². The molecule has 1 atom stereocenters. The van der Waals surface area contributed by atoms with Crippen molar-refractivity contribution in [2.24, 2.45) is 5.73 Å². The molecule has 3 N–H and O–H groups in total. The Morgan fingerprint density at radius 1 is 1.57 bits per heavy atom. The van der Waals surface area contributed by atoms with Crippen molar-refractivity contribution in [1.29, 1.82) is 0 Å². The molecule has 1 aromatic rings. The zero-order valence-corrected chi connectivity index (χ0v) is 13.0. The normalized spacial score (nSPS) is 17.3. The molecule has 7 nitrogen and oxygen atoms in total. The van der Waals surface area contributed by atoms with Gasteiger partial charge in [0.25, 0.3) is 0 Å². The van der Waals surface area contributed by atoms with E-state index in [4.69, 9.17) is 10.5 Å². The van der Waals surface area contributed by atoms with Crippen LogP contribution in [0.2, 0.25) is 0 Å². The van der Waals surface area contributed by atoms with Crippen LogP contribution in [0.3, 0.4) is 0 Å². The Morgan fingerprint density at radius 3 is 2.86 bits per heavy atom. The number of aliphatic carboxylic acids is 1. The number of fused-ring (bicyclic) bond motifs is 1. The van der Waals surface area contributed by atoms with Crippen LogP contribution >= 0.6 is 23.5 Å². The van der Waals surface area contributed by atoms with Gasteiger partial charge in [-0.3, -0.25) is 4.79 Å². The van der Waals surface area contributed by atoms with Gasteiger partial charge < -0.3 is 15.6 Å². The molecule has 21 heavy (non-hydrogen) atoms. The van der Waals surface area contributed by atoms with Gasteiger partial charge in [-0.2, -0.15) is 0 Å². The first-order chi connectivity index (χ1) is 9.99. The van der Waals surface area contributed by atoms with Crippen molar-refractivity contribution in [2.45, 2.75) is 22.4 Å². The van der Waals surface area contributed by atoms with Gasteiger partial charge in [0.1, 0.15) is 10.3 Å². The van der Waals surface area contributed by atoms with Gasteiger partial charge in [0.15, 0.2) is 5.16 Å². The molecule has 0 amide bonds. The fourth-order valence-electron chi connectivity index (χ4n) is 1.78. The summed E-state index contributed by atoms with van der Waals surface area (Å²) >= 11 is 2.29. The number of ether oxygens (including phenoxy) is 1. The maximum Gasteiger partial charge on any atom is 0.337 e. The molecular formula is C12H13N3O4S2. The second-order valence-corrected chi connectivity index (χ2v) is 5.83. The van der Waals surface area contributed by atoms with E-state index in [-0.39, 0.29) is 17.9 Å². The van der Waals surface area contributed by atoms with Crippen LogP contribution in [0.15, 0.2) is 22.0 Å². The minimum atomic E-state index is -1.17. The molecule has 0 spiro atoms. The molecular weight excluding hydrogens is 314 g/mol. The second kappa shape index (κ2) is 6.35. The van der Waals surface area contributed by atoms with E-state index in [0.29, 0.717) is 15.7 Å². The van der Waals surface area contributed by atoms with E-state index in [1.807, 2.05) is 6.26 Å². The Hall–Kier alpha value is -1.74. The number of carboxylic acid groups (broad SMARTS) is 1. The largest absolute Gasteiger partial charge is 0.480 e. The highest BCUT2D eigenvalue weighted by atomic mass is 32.2. The summed E-state index contributed by atoms with van der Waals surface area (Å²) in [5.41, 5.74) is 6.40. The molecule has 1 aliphatic rings. The lowest BCUT2D eigenvalue weighted by Crippen LogP contribution is -2.31. The van der Waals surface area contributed by atoms with Gasteiger partial charge in [0.2, 0.25) is 0 Å². The first-order valence-corrected chi connectivity index (χ1v) is 8.07. The highest BCUT2D eigenvalue weighted by molar-refractivity contribution is 8.01. The molecule has 9 heteroatoms. The molecule has 0 aliphatic carbocycles. The van der Waals surface area contributed by atoms with Crippen LogP contribution in [0, 0.1) is 0 Å². The molecule has 0 saturated heterocycles. The molecule has 1 unspecified atom stereocenters. The number of carbonyl (C=O) groups is 2. The third kappa shape index (κ3) is 2.98. The monoisotopic (exact) mass is 327 g/mol. The third-order valence-corrected chi connectivity index (χ3v) is 4.48. The maximum absolute atomic E-state index is 12.0. The zero-order chi connectivity index (χ0) is 15.6. The number of aromatic nitrogens is 2. The molecule has 0 saturated carbocycles. The van der Waals surface area contributed by atoms with Crippen molar-refractivity contribution < 1.29 is 19.4 Å². The number of rotatable bonds is 4. The van der Waals surface area contributed by atoms with Crippen LogP contribution in [0.5, 0.6) is 0 Å². The summed E-state index contributed by atoms with van der Waals surface area (Å²) in [7, 11) is 0. The fourth-order valence-corrected chi connectivity index (χ4v) is 3.27. The van der Waals surface area contributed by atoms with E-state index in [1.165, 1.54) is 18.0 Å². The summed E-state index contributed by atoms with van der Waals surface area (Å²) in [6, 6.07) is 0. The maximum atomic E-state index is 12.0. The lowest BCUT2D eigenvalue weighted by Gasteiger charge is -2.23. The number of carbonyl (C=O) groups excluding carboxylic acids is 1. The first-order valence-electron chi connectivity index (χ1n) is 5.97. The van der Waals surface area contributed by atoms with Crippen LogP contribution in [0.25, 0.3) is 5.70 Å². The van der Waals surface area contributed by atoms with Gasteiger partial charge in [-0.25, -0.2) is 14.8 Å². The quantitative estimate of drug-likeness (QED) is 0.361. The summed E-state index contributed by atoms with van der Waals surface area (Å²) in [5.74, 6) is -1.89. The molecule has 1 aromatic heterocycles. The lowest BCUT2D eigenvalue weighted by atomic mass is 10.1. The van der Waals surface area contributed by atoms with Crippen LogP contribution in [0.1, 0.15) is 12.5 Å². The number of nitrogens with two attached hydrogens (primary N) is 1. The summed E-state index contributed by atoms with van der Waals surface area (Å²) in [5, 5.41) is 9.15. The summed E-state index contributed by atoms with van der Waals surface area (Å²) in [6.07, 6.45) is 3.31. The Labute approximate surface area is 129 Å². The summed E-state index contributed by atoms with van der Waals surface area (Å²) in [4.78, 5) is 31.7. The lowest BCUT2D eigenvalue weighted by molar-refractivity contribution is -0.142. The average Bonchev–Trinajstić information content (AvgIpc) is 2.46. The number of carboxylic acids is 1. The number of nitrogens with zero attached hydrogens (tertiary/aromatic N) is 2. The molecule has 2 rings (SSSR count). The van der Waals surface area contributed by atoms with Gasteiger partial charge in [-0.05, 0) is 13.2 Å².